The van der Waals surface area contributed by atoms with Crippen LogP contribution in [0.25, 0.3) is 0 Å². The highest BCUT2D eigenvalue weighted by molar-refractivity contribution is 7.89. The Labute approximate surface area is 160 Å². The van der Waals surface area contributed by atoms with Crippen LogP contribution in [0, 0.1) is 0 Å². The molecule has 1 saturated carbocycles. The first-order valence-electron chi connectivity index (χ1n) is 8.44. The maximum absolute atomic E-state index is 12.3. The van der Waals surface area contributed by atoms with Crippen molar-refractivity contribution in [3.63, 3.8) is 0 Å². The van der Waals surface area contributed by atoms with E-state index in [1.807, 2.05) is 0 Å². The molecule has 0 atom stereocenters. The van der Waals surface area contributed by atoms with Crippen LogP contribution in [0.3, 0.4) is 0 Å². The Kier molecular flexibility index (Phi) is 9.37. The van der Waals surface area contributed by atoms with Gasteiger partial charge in [0.15, 0.2) is 0 Å². The molecule has 0 unspecified atom stereocenters. The van der Waals surface area contributed by atoms with E-state index in [0.717, 1.165) is 15.6 Å². The molecule has 2 rings (SSSR count). The highest BCUT2D eigenvalue weighted by atomic mass is 35.5. The molecule has 0 radical (unpaired) electrons. The fourth-order valence-electron chi connectivity index (χ4n) is 2.88. The van der Waals surface area contributed by atoms with E-state index >= 15 is 0 Å². The van der Waals surface area contributed by atoms with E-state index in [-0.39, 0.29) is 28.1 Å². The molecule has 1 fully saturated rings. The number of sulfonamides is 1. The van der Waals surface area contributed by atoms with E-state index in [1.165, 1.54) is 58.7 Å². The molecule has 0 spiro atoms. The summed E-state index contributed by atoms with van der Waals surface area (Å²) < 4.78 is 25.6. The molecule has 144 valence electrons. The Morgan fingerprint density at radius 3 is 2.44 bits per heavy atom. The third-order valence-corrected chi connectivity index (χ3v) is 7.19. The van der Waals surface area contributed by atoms with Gasteiger partial charge in [-0.25, -0.2) is 12.7 Å². The molecule has 0 aliphatic heterocycles. The molecule has 2 N–H and O–H groups in total. The summed E-state index contributed by atoms with van der Waals surface area (Å²) in [5.74, 6) is -0.326. The van der Waals surface area contributed by atoms with Gasteiger partial charge in [-0.1, -0.05) is 25.7 Å². The van der Waals surface area contributed by atoms with Crippen LogP contribution in [0.2, 0.25) is 0 Å². The smallest absolute Gasteiger partial charge is 0.262 e. The lowest BCUT2D eigenvalue weighted by Gasteiger charge is -2.16. The molecule has 25 heavy (non-hydrogen) atoms. The zero-order chi connectivity index (χ0) is 17.6. The summed E-state index contributed by atoms with van der Waals surface area (Å²) in [5.41, 5.74) is 0. The van der Waals surface area contributed by atoms with Gasteiger partial charge in [-0.15, -0.1) is 23.7 Å². The minimum atomic E-state index is -3.59. The second-order valence-electron chi connectivity index (χ2n) is 6.30. The van der Waals surface area contributed by atoms with E-state index in [0.29, 0.717) is 19.1 Å². The van der Waals surface area contributed by atoms with Gasteiger partial charge in [0.25, 0.3) is 5.91 Å². The number of nitrogens with zero attached hydrogens (tertiary/aromatic N) is 1. The first-order chi connectivity index (χ1) is 11.4. The molecule has 6 nitrogen and oxygen atoms in total. The van der Waals surface area contributed by atoms with Crippen molar-refractivity contribution in [1.82, 2.24) is 14.9 Å². The van der Waals surface area contributed by atoms with Crippen LogP contribution in [0.5, 0.6) is 0 Å². The topological polar surface area (TPSA) is 78.5 Å². The van der Waals surface area contributed by atoms with Crippen LogP contribution >= 0.6 is 23.7 Å². The van der Waals surface area contributed by atoms with Gasteiger partial charge >= 0.3 is 0 Å². The fraction of sp³-hybridized carbons (Fsp3) is 0.688. The van der Waals surface area contributed by atoms with Crippen molar-refractivity contribution in [2.24, 2.45) is 0 Å². The first-order valence-corrected chi connectivity index (χ1v) is 10.8. The number of thiophene rings is 1. The molecule has 1 aliphatic carbocycles. The number of halogens is 1. The van der Waals surface area contributed by atoms with Crippen LogP contribution in [-0.4, -0.2) is 51.9 Å². The van der Waals surface area contributed by atoms with Crippen molar-refractivity contribution in [3.8, 4) is 0 Å². The molecule has 0 bridgehead atoms. The molecule has 0 aromatic carbocycles. The standard InChI is InChI=1S/C16H27N3O3S2.ClH/c1-19(2)24(21,22)14-9-12-23-15(14)16(20)18-11-10-17-13-7-5-3-4-6-8-13;/h9,12-13,17H,3-8,10-11H2,1-2H3,(H,18,20);1H. The Hall–Kier alpha value is -0.670. The summed E-state index contributed by atoms with van der Waals surface area (Å²) in [6, 6.07) is 2.02. The fourth-order valence-corrected chi connectivity index (χ4v) is 5.09. The summed E-state index contributed by atoms with van der Waals surface area (Å²) in [5, 5.41) is 7.94. The number of nitrogens with one attached hydrogen (secondary N) is 2. The highest BCUT2D eigenvalue weighted by Crippen LogP contribution is 2.24. The van der Waals surface area contributed by atoms with Gasteiger partial charge < -0.3 is 10.6 Å². The monoisotopic (exact) mass is 409 g/mol. The molecule has 1 aliphatic rings. The number of hydrogen-bond donors (Lipinski definition) is 2. The Balaban J connectivity index is 0.00000312. The highest BCUT2D eigenvalue weighted by Gasteiger charge is 2.25. The maximum atomic E-state index is 12.3. The zero-order valence-corrected chi connectivity index (χ0v) is 17.2. The minimum Gasteiger partial charge on any atom is -0.350 e. The molecule has 1 aromatic rings. The minimum absolute atomic E-state index is 0. The number of carbonyl (C=O) groups is 1. The molecule has 1 amide bonds. The average Bonchev–Trinajstić information content (AvgIpc) is 2.90. The predicted molar refractivity (Wildman–Crippen MR) is 104 cm³/mol. The van der Waals surface area contributed by atoms with Crippen molar-refractivity contribution < 1.29 is 13.2 Å². The van der Waals surface area contributed by atoms with Gasteiger partial charge in [-0.05, 0) is 24.3 Å². The summed E-state index contributed by atoms with van der Waals surface area (Å²) >= 11 is 1.15. The SMILES string of the molecule is CN(C)S(=O)(=O)c1ccsc1C(=O)NCCNC1CCCCCC1.Cl. The van der Waals surface area contributed by atoms with Gasteiger partial charge in [0, 0.05) is 33.2 Å². The second kappa shape index (κ2) is 10.5. The third-order valence-electron chi connectivity index (χ3n) is 4.29. The van der Waals surface area contributed by atoms with Crippen LogP contribution in [-0.2, 0) is 10.0 Å². The van der Waals surface area contributed by atoms with Gasteiger partial charge in [0.2, 0.25) is 10.0 Å². The second-order valence-corrected chi connectivity index (χ2v) is 9.34. The van der Waals surface area contributed by atoms with E-state index in [9.17, 15) is 13.2 Å². The van der Waals surface area contributed by atoms with Crippen molar-refractivity contribution in [2.45, 2.75) is 49.5 Å². The molecule has 9 heteroatoms. The normalized spacial score (nSPS) is 16.3. The molecule has 1 heterocycles. The van der Waals surface area contributed by atoms with Crippen LogP contribution in [0.15, 0.2) is 16.3 Å². The lowest BCUT2D eigenvalue weighted by molar-refractivity contribution is 0.0954. The molecular weight excluding hydrogens is 382 g/mol. The third kappa shape index (κ3) is 6.21. The van der Waals surface area contributed by atoms with Crippen molar-refractivity contribution in [3.05, 3.63) is 16.3 Å². The maximum Gasteiger partial charge on any atom is 0.262 e. The van der Waals surface area contributed by atoms with Gasteiger partial charge in [-0.3, -0.25) is 4.79 Å². The van der Waals surface area contributed by atoms with E-state index < -0.39 is 10.0 Å². The number of rotatable bonds is 7. The summed E-state index contributed by atoms with van der Waals surface area (Å²) in [7, 11) is -0.666. The van der Waals surface area contributed by atoms with Gasteiger partial charge in [-0.2, -0.15) is 0 Å². The summed E-state index contributed by atoms with van der Waals surface area (Å²) in [6.07, 6.45) is 7.57. The Morgan fingerprint density at radius 2 is 1.84 bits per heavy atom. The summed E-state index contributed by atoms with van der Waals surface area (Å²) in [6.45, 7) is 1.20. The molecule has 0 saturated heterocycles. The first kappa shape index (κ1) is 22.4. The van der Waals surface area contributed by atoms with E-state index in [1.54, 1.807) is 5.38 Å². The Bertz CT molecular complexity index is 639. The number of hydrogen-bond acceptors (Lipinski definition) is 5. The van der Waals surface area contributed by atoms with Crippen LogP contribution < -0.4 is 10.6 Å². The van der Waals surface area contributed by atoms with Crippen molar-refractivity contribution in [2.75, 3.05) is 27.2 Å². The van der Waals surface area contributed by atoms with Crippen molar-refractivity contribution in [1.29, 1.82) is 0 Å². The lowest BCUT2D eigenvalue weighted by atomic mass is 10.1. The summed E-state index contributed by atoms with van der Waals surface area (Å²) in [4.78, 5) is 12.6. The quantitative estimate of drug-likeness (QED) is 0.535. The molecule has 1 aromatic heterocycles. The van der Waals surface area contributed by atoms with E-state index in [2.05, 4.69) is 10.6 Å². The number of carbonyl (C=O) groups excluding carboxylic acids is 1. The lowest BCUT2D eigenvalue weighted by Crippen LogP contribution is -2.37. The zero-order valence-electron chi connectivity index (χ0n) is 14.8. The molecular formula is C16H28ClN3O3S2. The predicted octanol–water partition coefficient (Wildman–Crippen LogP) is 2.46. The van der Waals surface area contributed by atoms with Crippen LogP contribution in [0.1, 0.15) is 48.2 Å². The van der Waals surface area contributed by atoms with Crippen LogP contribution in [0.4, 0.5) is 0 Å². The number of amides is 1. The average molecular weight is 410 g/mol. The van der Waals surface area contributed by atoms with Gasteiger partial charge in [0.05, 0.1) is 0 Å². The van der Waals surface area contributed by atoms with Crippen molar-refractivity contribution >= 4 is 39.7 Å². The largest absolute Gasteiger partial charge is 0.350 e. The Morgan fingerprint density at radius 1 is 1.20 bits per heavy atom. The van der Waals surface area contributed by atoms with Gasteiger partial charge in [0.1, 0.15) is 9.77 Å². The van der Waals surface area contributed by atoms with E-state index in [4.69, 9.17) is 0 Å².